The van der Waals surface area contributed by atoms with E-state index in [1.165, 1.54) is 29.4 Å². The number of alkyl halides is 3. The maximum absolute atomic E-state index is 12.5. The minimum atomic E-state index is -4.82. The molecule has 2 heterocycles. The Morgan fingerprint density at radius 3 is 2.73 bits per heavy atom. The topological polar surface area (TPSA) is 71.8 Å². The number of carbonyl (C=O) groups excluding carboxylic acids is 2. The van der Waals surface area contributed by atoms with Crippen LogP contribution in [0.2, 0.25) is 0 Å². The van der Waals surface area contributed by atoms with E-state index >= 15 is 0 Å². The van der Waals surface area contributed by atoms with Gasteiger partial charge in [0.2, 0.25) is 5.91 Å². The van der Waals surface area contributed by atoms with Gasteiger partial charge in [-0.25, -0.2) is 0 Å². The molecule has 0 radical (unpaired) electrons. The van der Waals surface area contributed by atoms with Crippen LogP contribution in [0.1, 0.15) is 23.4 Å². The number of anilines is 1. The molecule has 2 amide bonds. The van der Waals surface area contributed by atoms with Crippen LogP contribution >= 0.6 is 0 Å². The minimum Gasteiger partial charge on any atom is -0.459 e. The summed E-state index contributed by atoms with van der Waals surface area (Å²) in [5.41, 5.74) is 0.147. The van der Waals surface area contributed by atoms with Gasteiger partial charge in [0.1, 0.15) is 11.8 Å². The second-order valence-electron chi connectivity index (χ2n) is 5.70. The predicted molar refractivity (Wildman–Crippen MR) is 84.5 cm³/mol. The van der Waals surface area contributed by atoms with Crippen molar-refractivity contribution in [1.29, 1.82) is 0 Å². The molecule has 0 saturated carbocycles. The van der Waals surface area contributed by atoms with Crippen LogP contribution in [-0.2, 0) is 4.79 Å². The summed E-state index contributed by atoms with van der Waals surface area (Å²) >= 11 is 0. The van der Waals surface area contributed by atoms with Gasteiger partial charge in [-0.15, -0.1) is 13.2 Å². The number of hydrogen-bond acceptors (Lipinski definition) is 4. The summed E-state index contributed by atoms with van der Waals surface area (Å²) in [6.45, 7) is 0.398. The standard InChI is InChI=1S/C17H15F3N2O4/c18-17(19,20)26-12-5-1-4-11(10-12)21-15(23)13-6-2-8-22(13)16(24)14-7-3-9-25-14/h1,3-5,7,9-10,13H,2,6,8H2,(H,21,23). The normalized spacial score (nSPS) is 17.2. The lowest BCUT2D eigenvalue weighted by Crippen LogP contribution is -2.43. The molecular formula is C17H15F3N2O4. The van der Waals surface area contributed by atoms with Gasteiger partial charge in [0.15, 0.2) is 5.76 Å². The van der Waals surface area contributed by atoms with Gasteiger partial charge >= 0.3 is 6.36 Å². The average molecular weight is 368 g/mol. The van der Waals surface area contributed by atoms with Gasteiger partial charge in [0, 0.05) is 18.3 Å². The van der Waals surface area contributed by atoms with E-state index in [1.807, 2.05) is 0 Å². The molecule has 26 heavy (non-hydrogen) atoms. The highest BCUT2D eigenvalue weighted by molar-refractivity contribution is 6.00. The Morgan fingerprint density at radius 1 is 1.23 bits per heavy atom. The molecule has 1 unspecified atom stereocenters. The quantitative estimate of drug-likeness (QED) is 0.898. The van der Waals surface area contributed by atoms with Gasteiger partial charge < -0.3 is 19.4 Å². The minimum absolute atomic E-state index is 0.130. The molecule has 1 N–H and O–H groups in total. The number of halogens is 3. The second kappa shape index (κ2) is 7.11. The van der Waals surface area contributed by atoms with Gasteiger partial charge in [0.25, 0.3) is 5.91 Å². The number of benzene rings is 1. The molecule has 3 rings (SSSR count). The maximum Gasteiger partial charge on any atom is 0.573 e. The number of nitrogens with one attached hydrogen (secondary N) is 1. The van der Waals surface area contributed by atoms with E-state index in [9.17, 15) is 22.8 Å². The first-order valence-corrected chi connectivity index (χ1v) is 7.84. The van der Waals surface area contributed by atoms with Gasteiger partial charge in [0.05, 0.1) is 6.26 Å². The summed E-state index contributed by atoms with van der Waals surface area (Å²) in [6.07, 6.45) is -2.36. The van der Waals surface area contributed by atoms with E-state index in [1.54, 1.807) is 6.07 Å². The summed E-state index contributed by atoms with van der Waals surface area (Å²) in [7, 11) is 0. The summed E-state index contributed by atoms with van der Waals surface area (Å²) in [5.74, 6) is -1.19. The van der Waals surface area contributed by atoms with Crippen LogP contribution in [0.5, 0.6) is 5.75 Å². The zero-order valence-electron chi connectivity index (χ0n) is 13.5. The molecule has 1 atom stereocenters. The first kappa shape index (κ1) is 17.8. The fourth-order valence-corrected chi connectivity index (χ4v) is 2.82. The molecule has 0 spiro atoms. The van der Waals surface area contributed by atoms with Crippen molar-refractivity contribution in [3.63, 3.8) is 0 Å². The number of furan rings is 1. The number of nitrogens with zero attached hydrogens (tertiary/aromatic N) is 1. The van der Waals surface area contributed by atoms with Gasteiger partial charge in [-0.3, -0.25) is 9.59 Å². The number of carbonyl (C=O) groups is 2. The van der Waals surface area contributed by atoms with Crippen molar-refractivity contribution in [3.05, 3.63) is 48.4 Å². The third kappa shape index (κ3) is 4.16. The zero-order chi connectivity index (χ0) is 18.7. The molecule has 0 aliphatic carbocycles. The summed E-state index contributed by atoms with van der Waals surface area (Å²) in [6, 6.07) is 7.33. The van der Waals surface area contributed by atoms with Crippen molar-refractivity contribution >= 4 is 17.5 Å². The zero-order valence-corrected chi connectivity index (χ0v) is 13.5. The van der Waals surface area contributed by atoms with E-state index in [2.05, 4.69) is 10.1 Å². The molecule has 1 fully saturated rings. The van der Waals surface area contributed by atoms with Crippen molar-refractivity contribution in [2.24, 2.45) is 0 Å². The number of hydrogen-bond donors (Lipinski definition) is 1. The Balaban J connectivity index is 1.69. The van der Waals surface area contributed by atoms with Crippen LogP contribution in [0, 0.1) is 0 Å². The predicted octanol–water partition coefficient (Wildman–Crippen LogP) is 3.42. The van der Waals surface area contributed by atoms with E-state index in [0.29, 0.717) is 19.4 Å². The first-order chi connectivity index (χ1) is 12.3. The van der Waals surface area contributed by atoms with Crippen molar-refractivity contribution in [2.45, 2.75) is 25.2 Å². The fourth-order valence-electron chi connectivity index (χ4n) is 2.82. The Labute approximate surface area is 146 Å². The molecular weight excluding hydrogens is 353 g/mol. The molecule has 1 saturated heterocycles. The Bertz CT molecular complexity index is 790. The Kier molecular flexibility index (Phi) is 4.88. The van der Waals surface area contributed by atoms with Crippen LogP contribution in [0.25, 0.3) is 0 Å². The monoisotopic (exact) mass is 368 g/mol. The van der Waals surface area contributed by atoms with E-state index in [0.717, 1.165) is 12.1 Å². The van der Waals surface area contributed by atoms with Gasteiger partial charge in [-0.2, -0.15) is 0 Å². The van der Waals surface area contributed by atoms with Crippen molar-refractivity contribution in [2.75, 3.05) is 11.9 Å². The fraction of sp³-hybridized carbons (Fsp3) is 0.294. The smallest absolute Gasteiger partial charge is 0.459 e. The van der Waals surface area contributed by atoms with E-state index in [4.69, 9.17) is 4.42 Å². The lowest BCUT2D eigenvalue weighted by atomic mass is 10.2. The number of amides is 2. The van der Waals surface area contributed by atoms with Crippen molar-refractivity contribution in [3.8, 4) is 5.75 Å². The number of ether oxygens (including phenoxy) is 1. The molecule has 1 aliphatic rings. The van der Waals surface area contributed by atoms with Crippen LogP contribution < -0.4 is 10.1 Å². The van der Waals surface area contributed by atoms with Crippen LogP contribution in [0.15, 0.2) is 47.1 Å². The van der Waals surface area contributed by atoms with E-state index in [-0.39, 0.29) is 11.4 Å². The van der Waals surface area contributed by atoms with Crippen LogP contribution in [-0.4, -0.2) is 35.7 Å². The molecule has 0 bridgehead atoms. The number of likely N-dealkylation sites (tertiary alicyclic amines) is 1. The summed E-state index contributed by atoms with van der Waals surface area (Å²) in [5, 5.41) is 2.53. The molecule has 6 nitrogen and oxygen atoms in total. The highest BCUT2D eigenvalue weighted by atomic mass is 19.4. The van der Waals surface area contributed by atoms with Crippen LogP contribution in [0.4, 0.5) is 18.9 Å². The molecule has 1 aromatic heterocycles. The highest BCUT2D eigenvalue weighted by Crippen LogP contribution is 2.26. The maximum atomic E-state index is 12.5. The molecule has 1 aromatic carbocycles. The lowest BCUT2D eigenvalue weighted by Gasteiger charge is -2.23. The second-order valence-corrected chi connectivity index (χ2v) is 5.70. The average Bonchev–Trinajstić information content (AvgIpc) is 3.25. The SMILES string of the molecule is O=C(Nc1cccc(OC(F)(F)F)c1)C1CCCN1C(=O)c1ccco1. The first-order valence-electron chi connectivity index (χ1n) is 7.84. The Morgan fingerprint density at radius 2 is 2.04 bits per heavy atom. The molecule has 2 aromatic rings. The highest BCUT2D eigenvalue weighted by Gasteiger charge is 2.36. The molecule has 9 heteroatoms. The van der Waals surface area contributed by atoms with Crippen LogP contribution in [0.3, 0.4) is 0 Å². The summed E-state index contributed by atoms with van der Waals surface area (Å²) < 4.78 is 45.8. The Hall–Kier alpha value is -2.97. The van der Waals surface area contributed by atoms with Crippen molar-refractivity contribution < 1.29 is 31.9 Å². The van der Waals surface area contributed by atoms with Gasteiger partial charge in [-0.1, -0.05) is 6.07 Å². The largest absolute Gasteiger partial charge is 0.573 e. The van der Waals surface area contributed by atoms with Gasteiger partial charge in [-0.05, 0) is 37.1 Å². The molecule has 138 valence electrons. The third-order valence-electron chi connectivity index (χ3n) is 3.88. The number of rotatable bonds is 4. The van der Waals surface area contributed by atoms with Crippen molar-refractivity contribution in [1.82, 2.24) is 4.90 Å². The lowest BCUT2D eigenvalue weighted by molar-refractivity contribution is -0.274. The third-order valence-corrected chi connectivity index (χ3v) is 3.88. The summed E-state index contributed by atoms with van der Waals surface area (Å²) in [4.78, 5) is 26.3. The van der Waals surface area contributed by atoms with E-state index < -0.39 is 30.0 Å². The molecule has 1 aliphatic heterocycles.